The molecule has 1 atom stereocenters. The van der Waals surface area contributed by atoms with Gasteiger partial charge in [0.15, 0.2) is 0 Å². The van der Waals surface area contributed by atoms with Gasteiger partial charge in [-0.25, -0.2) is 0 Å². The molecule has 0 aromatic rings. The summed E-state index contributed by atoms with van der Waals surface area (Å²) in [6.45, 7) is 6.64. The first-order valence-electron chi connectivity index (χ1n) is 7.59. The second kappa shape index (κ2) is 7.38. The van der Waals surface area contributed by atoms with E-state index in [0.29, 0.717) is 0 Å². The van der Waals surface area contributed by atoms with E-state index in [2.05, 4.69) is 25.8 Å². The van der Waals surface area contributed by atoms with Gasteiger partial charge >= 0.3 is 0 Å². The smallest absolute Gasteiger partial charge is 0.0326 e. The number of hydrogen-bond donors (Lipinski definition) is 1. The van der Waals surface area contributed by atoms with Gasteiger partial charge in [-0.2, -0.15) is 0 Å². The zero-order valence-electron chi connectivity index (χ0n) is 12.2. The second-order valence-electron chi connectivity index (χ2n) is 5.92. The van der Waals surface area contributed by atoms with Gasteiger partial charge in [0.25, 0.3) is 0 Å². The predicted octanol–water partition coefficient (Wildman–Crippen LogP) is 3.41. The molecule has 0 heterocycles. The normalized spacial score (nSPS) is 21.0. The monoisotopic (exact) mass is 240 g/mol. The van der Waals surface area contributed by atoms with E-state index in [0.717, 1.165) is 12.5 Å². The fourth-order valence-electron chi connectivity index (χ4n) is 3.32. The molecule has 1 aliphatic rings. The number of hydrogen-bond acceptors (Lipinski definition) is 2. The second-order valence-corrected chi connectivity index (χ2v) is 5.92. The van der Waals surface area contributed by atoms with E-state index in [1.807, 2.05) is 0 Å². The Hall–Kier alpha value is -0.0800. The Bertz CT molecular complexity index is 193. The van der Waals surface area contributed by atoms with Crippen LogP contribution in [0.4, 0.5) is 0 Å². The molecule has 102 valence electrons. The summed E-state index contributed by atoms with van der Waals surface area (Å²) >= 11 is 0. The number of rotatable bonds is 8. The van der Waals surface area contributed by atoms with Crippen LogP contribution in [-0.2, 0) is 0 Å². The van der Waals surface area contributed by atoms with Gasteiger partial charge in [-0.1, -0.05) is 39.5 Å². The van der Waals surface area contributed by atoms with E-state index in [1.165, 1.54) is 57.9 Å². The molecule has 0 radical (unpaired) electrons. The van der Waals surface area contributed by atoms with Crippen LogP contribution in [0.3, 0.4) is 0 Å². The van der Waals surface area contributed by atoms with Crippen molar-refractivity contribution in [1.29, 1.82) is 0 Å². The molecule has 0 aromatic heterocycles. The molecular weight excluding hydrogens is 208 g/mol. The highest BCUT2D eigenvalue weighted by Crippen LogP contribution is 2.30. The molecule has 1 unspecified atom stereocenters. The minimum absolute atomic E-state index is 0.262. The summed E-state index contributed by atoms with van der Waals surface area (Å²) in [6, 6.07) is 0. The van der Waals surface area contributed by atoms with Gasteiger partial charge in [0, 0.05) is 18.6 Å². The van der Waals surface area contributed by atoms with E-state index in [-0.39, 0.29) is 5.54 Å². The Morgan fingerprint density at radius 1 is 1.24 bits per heavy atom. The molecule has 0 saturated heterocycles. The van der Waals surface area contributed by atoms with Crippen molar-refractivity contribution in [3.63, 3.8) is 0 Å². The average Bonchev–Trinajstić information content (AvgIpc) is 2.84. The Balaban J connectivity index is 2.53. The lowest BCUT2D eigenvalue weighted by molar-refractivity contribution is 0.0901. The lowest BCUT2D eigenvalue weighted by Gasteiger charge is -2.42. The molecule has 2 heteroatoms. The highest BCUT2D eigenvalue weighted by Gasteiger charge is 2.32. The Morgan fingerprint density at radius 3 is 2.35 bits per heavy atom. The van der Waals surface area contributed by atoms with Crippen LogP contribution in [0.2, 0.25) is 0 Å². The Kier molecular flexibility index (Phi) is 6.50. The van der Waals surface area contributed by atoms with Crippen molar-refractivity contribution in [3.05, 3.63) is 0 Å². The largest absolute Gasteiger partial charge is 0.329 e. The van der Waals surface area contributed by atoms with Gasteiger partial charge in [-0.3, -0.25) is 4.90 Å². The van der Waals surface area contributed by atoms with E-state index < -0.39 is 0 Å². The molecule has 1 aliphatic carbocycles. The fraction of sp³-hybridized carbons (Fsp3) is 1.00. The first-order chi connectivity index (χ1) is 8.18. The zero-order valence-corrected chi connectivity index (χ0v) is 12.2. The summed E-state index contributed by atoms with van der Waals surface area (Å²) < 4.78 is 0. The van der Waals surface area contributed by atoms with Gasteiger partial charge in [-0.05, 0) is 38.6 Å². The quantitative estimate of drug-likeness (QED) is 0.704. The average molecular weight is 240 g/mol. The molecule has 17 heavy (non-hydrogen) atoms. The highest BCUT2D eigenvalue weighted by molar-refractivity contribution is 4.90. The fourth-order valence-corrected chi connectivity index (χ4v) is 3.32. The van der Waals surface area contributed by atoms with Crippen LogP contribution in [0.25, 0.3) is 0 Å². The third-order valence-electron chi connectivity index (χ3n) is 4.85. The van der Waals surface area contributed by atoms with Gasteiger partial charge in [0.2, 0.25) is 0 Å². The maximum atomic E-state index is 6.09. The third-order valence-corrected chi connectivity index (χ3v) is 4.85. The van der Waals surface area contributed by atoms with Crippen molar-refractivity contribution >= 4 is 0 Å². The van der Waals surface area contributed by atoms with E-state index in [1.54, 1.807) is 0 Å². The Morgan fingerprint density at radius 2 is 1.88 bits per heavy atom. The number of likely N-dealkylation sites (N-methyl/N-ethyl adjacent to an activating group) is 1. The van der Waals surface area contributed by atoms with Crippen LogP contribution in [0.5, 0.6) is 0 Å². The van der Waals surface area contributed by atoms with Crippen LogP contribution >= 0.6 is 0 Å². The van der Waals surface area contributed by atoms with Crippen LogP contribution in [0.1, 0.15) is 65.2 Å². The van der Waals surface area contributed by atoms with Crippen molar-refractivity contribution in [1.82, 2.24) is 4.90 Å². The zero-order chi connectivity index (χ0) is 12.7. The summed E-state index contributed by atoms with van der Waals surface area (Å²) in [7, 11) is 2.30. The highest BCUT2D eigenvalue weighted by atomic mass is 15.2. The first kappa shape index (κ1) is 15.0. The Labute approximate surface area is 108 Å². The molecule has 1 fully saturated rings. The minimum atomic E-state index is 0.262. The summed E-state index contributed by atoms with van der Waals surface area (Å²) in [5, 5.41) is 0. The third kappa shape index (κ3) is 3.96. The standard InChI is InChI=1S/C15H32N2/c1-4-6-11-15(5-2,13-16)17(3)12-14-9-7-8-10-14/h14H,4-13,16H2,1-3H3. The number of nitrogens with zero attached hydrogens (tertiary/aromatic N) is 1. The van der Waals surface area contributed by atoms with E-state index in [9.17, 15) is 0 Å². The lowest BCUT2D eigenvalue weighted by Crippen LogP contribution is -2.53. The maximum absolute atomic E-state index is 6.09. The van der Waals surface area contributed by atoms with Crippen molar-refractivity contribution in [3.8, 4) is 0 Å². The summed E-state index contributed by atoms with van der Waals surface area (Å²) in [4.78, 5) is 2.58. The van der Waals surface area contributed by atoms with Crippen LogP contribution < -0.4 is 5.73 Å². The molecule has 2 nitrogen and oxygen atoms in total. The van der Waals surface area contributed by atoms with Gasteiger partial charge in [-0.15, -0.1) is 0 Å². The molecule has 0 aromatic carbocycles. The topological polar surface area (TPSA) is 29.3 Å². The van der Waals surface area contributed by atoms with E-state index >= 15 is 0 Å². The SMILES string of the molecule is CCCCC(CC)(CN)N(C)CC1CCCC1. The molecule has 0 spiro atoms. The van der Waals surface area contributed by atoms with Crippen molar-refractivity contribution in [2.24, 2.45) is 11.7 Å². The predicted molar refractivity (Wildman–Crippen MR) is 76.2 cm³/mol. The number of nitrogens with two attached hydrogens (primary N) is 1. The van der Waals surface area contributed by atoms with Gasteiger partial charge in [0.05, 0.1) is 0 Å². The maximum Gasteiger partial charge on any atom is 0.0326 e. The van der Waals surface area contributed by atoms with E-state index in [4.69, 9.17) is 5.73 Å². The molecule has 1 rings (SSSR count). The molecular formula is C15H32N2. The lowest BCUT2D eigenvalue weighted by atomic mass is 9.87. The first-order valence-corrected chi connectivity index (χ1v) is 7.59. The van der Waals surface area contributed by atoms with Crippen LogP contribution in [-0.4, -0.2) is 30.6 Å². The summed E-state index contributed by atoms with van der Waals surface area (Å²) in [5.41, 5.74) is 6.36. The van der Waals surface area contributed by atoms with Crippen LogP contribution in [0, 0.1) is 5.92 Å². The molecule has 2 N–H and O–H groups in total. The van der Waals surface area contributed by atoms with Gasteiger partial charge in [0.1, 0.15) is 0 Å². The molecule has 0 aliphatic heterocycles. The summed E-state index contributed by atoms with van der Waals surface area (Å²) in [5.74, 6) is 0.930. The minimum Gasteiger partial charge on any atom is -0.329 e. The molecule has 1 saturated carbocycles. The summed E-state index contributed by atoms with van der Waals surface area (Å²) in [6.07, 6.45) is 10.8. The van der Waals surface area contributed by atoms with Crippen molar-refractivity contribution < 1.29 is 0 Å². The van der Waals surface area contributed by atoms with Crippen molar-refractivity contribution in [2.45, 2.75) is 70.8 Å². The molecule has 0 bridgehead atoms. The number of unbranched alkanes of at least 4 members (excludes halogenated alkanes) is 1. The van der Waals surface area contributed by atoms with Crippen LogP contribution in [0.15, 0.2) is 0 Å². The van der Waals surface area contributed by atoms with Crippen molar-refractivity contribution in [2.75, 3.05) is 20.1 Å². The molecule has 0 amide bonds. The van der Waals surface area contributed by atoms with Gasteiger partial charge < -0.3 is 5.73 Å².